The van der Waals surface area contributed by atoms with Gasteiger partial charge in [0.1, 0.15) is 5.65 Å². The second-order valence-corrected chi connectivity index (χ2v) is 6.09. The number of halogens is 1. The van der Waals surface area contributed by atoms with Crippen LogP contribution in [-0.4, -0.2) is 25.4 Å². The maximum absolute atomic E-state index is 11.6. The number of hydrogen-bond acceptors (Lipinski definition) is 4. The zero-order valence-corrected chi connectivity index (χ0v) is 13.9. The number of hydrogen-bond donors (Lipinski definition) is 2. The molecular weight excluding hydrogens is 340 g/mol. The number of nitrogens with zero attached hydrogens (tertiary/aromatic N) is 3. The van der Waals surface area contributed by atoms with E-state index in [9.17, 15) is 9.90 Å². The van der Waals surface area contributed by atoms with Crippen LogP contribution in [0, 0.1) is 6.92 Å². The molecule has 2 aromatic carbocycles. The van der Waals surface area contributed by atoms with Crippen LogP contribution in [0.2, 0.25) is 5.02 Å². The van der Waals surface area contributed by atoms with Crippen molar-refractivity contribution in [2.45, 2.75) is 6.92 Å². The summed E-state index contributed by atoms with van der Waals surface area (Å²) in [5.74, 6) is -0.557. The van der Waals surface area contributed by atoms with Crippen LogP contribution in [0.25, 0.3) is 16.6 Å². The van der Waals surface area contributed by atoms with E-state index in [4.69, 9.17) is 11.6 Å². The summed E-state index contributed by atoms with van der Waals surface area (Å²) >= 11 is 6.04. The molecule has 0 unspecified atom stereocenters. The van der Waals surface area contributed by atoms with Crippen LogP contribution in [-0.2, 0) is 0 Å². The smallest absolute Gasteiger partial charge is 0.337 e. The number of benzene rings is 2. The van der Waals surface area contributed by atoms with Crippen molar-refractivity contribution in [1.29, 1.82) is 0 Å². The number of carbonyl (C=O) groups is 1. The third kappa shape index (κ3) is 2.66. The van der Waals surface area contributed by atoms with Crippen LogP contribution < -0.4 is 5.32 Å². The monoisotopic (exact) mass is 352 g/mol. The summed E-state index contributed by atoms with van der Waals surface area (Å²) in [7, 11) is 0. The van der Waals surface area contributed by atoms with E-state index in [-0.39, 0.29) is 5.56 Å². The molecule has 0 saturated carbocycles. The predicted molar refractivity (Wildman–Crippen MR) is 96.9 cm³/mol. The van der Waals surface area contributed by atoms with Crippen molar-refractivity contribution in [3.8, 4) is 0 Å². The van der Waals surface area contributed by atoms with Crippen molar-refractivity contribution in [2.75, 3.05) is 5.32 Å². The van der Waals surface area contributed by atoms with Crippen molar-refractivity contribution in [1.82, 2.24) is 14.4 Å². The van der Waals surface area contributed by atoms with Crippen molar-refractivity contribution in [3.05, 3.63) is 64.9 Å². The molecule has 0 aliphatic carbocycles. The first-order valence-corrected chi connectivity index (χ1v) is 7.95. The number of aromatic nitrogens is 3. The number of rotatable bonds is 3. The second kappa shape index (κ2) is 5.75. The van der Waals surface area contributed by atoms with E-state index in [1.165, 1.54) is 6.07 Å². The Bertz CT molecular complexity index is 1140. The third-order valence-corrected chi connectivity index (χ3v) is 4.10. The topological polar surface area (TPSA) is 79.5 Å². The van der Waals surface area contributed by atoms with E-state index in [2.05, 4.69) is 15.3 Å². The Labute approximate surface area is 147 Å². The first-order valence-electron chi connectivity index (χ1n) is 7.57. The number of aromatic carboxylic acids is 1. The Hall–Kier alpha value is -3.12. The summed E-state index contributed by atoms with van der Waals surface area (Å²) in [6.07, 6.45) is 1.85. The summed E-state index contributed by atoms with van der Waals surface area (Å²) < 4.78 is 1.81. The Kier molecular flexibility index (Phi) is 3.54. The zero-order valence-electron chi connectivity index (χ0n) is 13.2. The minimum atomic E-state index is -1.03. The highest BCUT2D eigenvalue weighted by atomic mass is 35.5. The molecule has 0 bridgehead atoms. The Morgan fingerprint density at radius 2 is 2.00 bits per heavy atom. The molecule has 25 heavy (non-hydrogen) atoms. The van der Waals surface area contributed by atoms with Crippen molar-refractivity contribution < 1.29 is 9.90 Å². The van der Waals surface area contributed by atoms with E-state index in [0.717, 1.165) is 11.4 Å². The maximum Gasteiger partial charge on any atom is 0.337 e. The normalized spacial score (nSPS) is 11.1. The maximum atomic E-state index is 11.6. The molecule has 2 aromatic heterocycles. The summed E-state index contributed by atoms with van der Waals surface area (Å²) in [5, 5.41) is 13.9. The fourth-order valence-corrected chi connectivity index (χ4v) is 3.00. The molecule has 0 spiro atoms. The third-order valence-electron chi connectivity index (χ3n) is 3.86. The first-order chi connectivity index (χ1) is 12.0. The van der Waals surface area contributed by atoms with E-state index in [0.29, 0.717) is 27.5 Å². The van der Waals surface area contributed by atoms with Gasteiger partial charge in [0.25, 0.3) is 0 Å². The van der Waals surface area contributed by atoms with Gasteiger partial charge in [-0.2, -0.15) is 0 Å². The Balaban J connectivity index is 2.01. The number of fused-ring (bicyclic) bond motifs is 3. The van der Waals surface area contributed by atoms with Gasteiger partial charge in [-0.15, -0.1) is 0 Å². The standard InChI is InChI=1S/C18H13ClN4O2/c1-10-9-23-16(20-10)13-6-3-7-14(17(24)25)15(13)22-18(23)21-12-5-2-4-11(19)8-12/h2-9H,1H3,(H,21,22)(H,24,25). The van der Waals surface area contributed by atoms with E-state index < -0.39 is 5.97 Å². The quantitative estimate of drug-likeness (QED) is 0.575. The SMILES string of the molecule is Cc1cn2c(Nc3cccc(Cl)c3)nc3c(C(=O)O)cccc3c2n1. The highest BCUT2D eigenvalue weighted by molar-refractivity contribution is 6.30. The van der Waals surface area contributed by atoms with Gasteiger partial charge in [0.05, 0.1) is 16.8 Å². The highest BCUT2D eigenvalue weighted by Gasteiger charge is 2.16. The molecule has 0 fully saturated rings. The lowest BCUT2D eigenvalue weighted by molar-refractivity contribution is 0.0699. The lowest BCUT2D eigenvalue weighted by Gasteiger charge is -2.11. The fraction of sp³-hybridized carbons (Fsp3) is 0.0556. The molecule has 0 aliphatic heterocycles. The number of anilines is 2. The van der Waals surface area contributed by atoms with Crippen molar-refractivity contribution in [2.24, 2.45) is 0 Å². The lowest BCUT2D eigenvalue weighted by Crippen LogP contribution is -2.05. The summed E-state index contributed by atoms with van der Waals surface area (Å²) in [6, 6.07) is 12.3. The van der Waals surface area contributed by atoms with Gasteiger partial charge in [-0.25, -0.2) is 14.8 Å². The number of nitrogens with one attached hydrogen (secondary N) is 1. The van der Waals surface area contributed by atoms with Gasteiger partial charge in [0.2, 0.25) is 5.95 Å². The number of aryl methyl sites for hydroxylation is 1. The molecule has 0 amide bonds. The fourth-order valence-electron chi connectivity index (χ4n) is 2.81. The van der Waals surface area contributed by atoms with Crippen LogP contribution >= 0.6 is 11.6 Å². The van der Waals surface area contributed by atoms with E-state index in [1.807, 2.05) is 35.7 Å². The van der Waals surface area contributed by atoms with Crippen LogP contribution in [0.4, 0.5) is 11.6 Å². The molecule has 2 N–H and O–H groups in total. The van der Waals surface area contributed by atoms with Crippen molar-refractivity contribution >= 4 is 45.8 Å². The lowest BCUT2D eigenvalue weighted by atomic mass is 10.1. The van der Waals surface area contributed by atoms with E-state index >= 15 is 0 Å². The molecule has 7 heteroatoms. The van der Waals surface area contributed by atoms with Crippen molar-refractivity contribution in [3.63, 3.8) is 0 Å². The molecule has 0 saturated heterocycles. The zero-order chi connectivity index (χ0) is 17.6. The average Bonchev–Trinajstić information content (AvgIpc) is 2.96. The van der Waals surface area contributed by atoms with Crippen LogP contribution in [0.5, 0.6) is 0 Å². The Morgan fingerprint density at radius 3 is 2.76 bits per heavy atom. The van der Waals surface area contributed by atoms with Crippen LogP contribution in [0.1, 0.15) is 16.1 Å². The minimum absolute atomic E-state index is 0.134. The molecule has 0 atom stereocenters. The van der Waals surface area contributed by atoms with Gasteiger partial charge in [0, 0.05) is 22.3 Å². The molecule has 2 heterocycles. The van der Waals surface area contributed by atoms with Gasteiger partial charge in [0.15, 0.2) is 0 Å². The molecule has 4 rings (SSSR count). The average molecular weight is 353 g/mol. The number of carboxylic acids is 1. The Morgan fingerprint density at radius 1 is 1.20 bits per heavy atom. The number of para-hydroxylation sites is 1. The molecule has 4 aromatic rings. The number of carboxylic acid groups (broad SMARTS) is 1. The first kappa shape index (κ1) is 15.4. The highest BCUT2D eigenvalue weighted by Crippen LogP contribution is 2.27. The molecule has 124 valence electrons. The summed E-state index contributed by atoms with van der Waals surface area (Å²) in [5.41, 5.74) is 2.73. The van der Waals surface area contributed by atoms with Gasteiger partial charge < -0.3 is 10.4 Å². The van der Waals surface area contributed by atoms with Gasteiger partial charge >= 0.3 is 5.97 Å². The van der Waals surface area contributed by atoms with Gasteiger partial charge in [-0.3, -0.25) is 4.40 Å². The molecule has 0 radical (unpaired) electrons. The summed E-state index contributed by atoms with van der Waals surface area (Å²) in [4.78, 5) is 20.6. The summed E-state index contributed by atoms with van der Waals surface area (Å²) in [6.45, 7) is 1.88. The predicted octanol–water partition coefficient (Wildman–Crippen LogP) is 4.29. The van der Waals surface area contributed by atoms with E-state index in [1.54, 1.807) is 18.2 Å². The minimum Gasteiger partial charge on any atom is -0.478 e. The largest absolute Gasteiger partial charge is 0.478 e. The number of imidazole rings is 1. The second-order valence-electron chi connectivity index (χ2n) is 5.65. The van der Waals surface area contributed by atoms with Gasteiger partial charge in [-0.05, 0) is 37.3 Å². The molecule has 0 aliphatic rings. The van der Waals surface area contributed by atoms with Gasteiger partial charge in [-0.1, -0.05) is 23.7 Å². The van der Waals surface area contributed by atoms with Crippen LogP contribution in [0.3, 0.4) is 0 Å². The molecular formula is C18H13ClN4O2. The van der Waals surface area contributed by atoms with Crippen LogP contribution in [0.15, 0.2) is 48.7 Å². The molecule has 6 nitrogen and oxygen atoms in total.